The molecule has 33 heavy (non-hydrogen) atoms. The molecule has 1 N–H and O–H groups in total. The maximum atomic E-state index is 13.9. The molecule has 0 saturated carbocycles. The van der Waals surface area contributed by atoms with Crippen molar-refractivity contribution in [3.05, 3.63) is 62.7 Å². The number of nitrogens with one attached hydrogen (secondary N) is 1. The lowest BCUT2D eigenvalue weighted by Crippen LogP contribution is -2.54. The second-order valence-electron chi connectivity index (χ2n) is 9.06. The second-order valence-corrected chi connectivity index (χ2v) is 9.50. The zero-order valence-electron chi connectivity index (χ0n) is 17.6. The standard InChI is InChI=1S/C23H19ClN4O5/c1-11-8-12(24)9-15-19(11)25-22(31)23(15)18-17(16-6-3-7-26(16)23)20(29)27(21(18)30)13-4-2-5-14(10-13)28(32)33/h2,4-5,8-10,16-18H,3,6-7H2,1H3,(H,25,31). The lowest BCUT2D eigenvalue weighted by Gasteiger charge is -2.36. The zero-order chi connectivity index (χ0) is 23.2. The highest BCUT2D eigenvalue weighted by Crippen LogP contribution is 2.61. The van der Waals surface area contributed by atoms with E-state index >= 15 is 0 Å². The normalized spacial score (nSPS) is 30.1. The summed E-state index contributed by atoms with van der Waals surface area (Å²) in [4.78, 5) is 55.0. The largest absolute Gasteiger partial charge is 0.324 e. The number of hydrogen-bond acceptors (Lipinski definition) is 6. The van der Waals surface area contributed by atoms with Crippen molar-refractivity contribution in [1.29, 1.82) is 0 Å². The first-order valence-corrected chi connectivity index (χ1v) is 11.2. The lowest BCUT2D eigenvalue weighted by atomic mass is 9.75. The third-order valence-corrected chi connectivity index (χ3v) is 7.78. The Hall–Kier alpha value is -3.30. The molecular weight excluding hydrogens is 448 g/mol. The summed E-state index contributed by atoms with van der Waals surface area (Å²) in [6.45, 7) is 2.43. The van der Waals surface area contributed by atoms with Crippen molar-refractivity contribution in [2.75, 3.05) is 16.8 Å². The average molecular weight is 467 g/mol. The Kier molecular flexibility index (Phi) is 4.07. The van der Waals surface area contributed by atoms with E-state index in [1.807, 2.05) is 11.8 Å². The second kappa shape index (κ2) is 6.61. The van der Waals surface area contributed by atoms with Crippen LogP contribution in [0.5, 0.6) is 0 Å². The summed E-state index contributed by atoms with van der Waals surface area (Å²) < 4.78 is 0. The zero-order valence-corrected chi connectivity index (χ0v) is 18.3. The van der Waals surface area contributed by atoms with Crippen molar-refractivity contribution in [2.45, 2.75) is 31.3 Å². The van der Waals surface area contributed by atoms with E-state index in [-0.39, 0.29) is 23.3 Å². The molecule has 4 heterocycles. The molecule has 6 rings (SSSR count). The van der Waals surface area contributed by atoms with Crippen molar-refractivity contribution in [3.8, 4) is 0 Å². The van der Waals surface area contributed by atoms with Crippen molar-refractivity contribution in [3.63, 3.8) is 0 Å². The SMILES string of the molecule is Cc1cc(Cl)cc2c1NC(=O)C21C2C(=O)N(c3cccc([N+](=O)[O-])c3)C(=O)C2C2CCCN21. The van der Waals surface area contributed by atoms with Gasteiger partial charge in [-0.1, -0.05) is 17.7 Å². The summed E-state index contributed by atoms with van der Waals surface area (Å²) >= 11 is 6.38. The number of anilines is 2. The van der Waals surface area contributed by atoms with Crippen LogP contribution in [0.15, 0.2) is 36.4 Å². The molecule has 4 unspecified atom stereocenters. The van der Waals surface area contributed by atoms with Gasteiger partial charge in [0, 0.05) is 34.4 Å². The van der Waals surface area contributed by atoms with Gasteiger partial charge in [-0.15, -0.1) is 0 Å². The van der Waals surface area contributed by atoms with Crippen molar-refractivity contribution in [2.24, 2.45) is 11.8 Å². The van der Waals surface area contributed by atoms with Gasteiger partial charge >= 0.3 is 0 Å². The van der Waals surface area contributed by atoms with Gasteiger partial charge in [0.1, 0.15) is 5.54 Å². The summed E-state index contributed by atoms with van der Waals surface area (Å²) in [6.07, 6.45) is 1.49. The van der Waals surface area contributed by atoms with E-state index in [1.54, 1.807) is 12.1 Å². The third kappa shape index (κ3) is 2.38. The number of carbonyl (C=O) groups is 3. The fourth-order valence-electron chi connectivity index (χ4n) is 6.44. The van der Waals surface area contributed by atoms with Crippen molar-refractivity contribution >= 4 is 46.4 Å². The van der Waals surface area contributed by atoms with Crippen LogP contribution in [0.3, 0.4) is 0 Å². The molecule has 3 amide bonds. The number of benzene rings is 2. The molecule has 0 bridgehead atoms. The molecule has 0 radical (unpaired) electrons. The number of non-ortho nitro benzene ring substituents is 1. The first kappa shape index (κ1) is 20.3. The van der Waals surface area contributed by atoms with Gasteiger partial charge in [-0.05, 0) is 50.1 Å². The van der Waals surface area contributed by atoms with Crippen molar-refractivity contribution in [1.82, 2.24) is 4.90 Å². The minimum absolute atomic E-state index is 0.147. The van der Waals surface area contributed by atoms with Gasteiger partial charge in [-0.2, -0.15) is 0 Å². The predicted octanol–water partition coefficient (Wildman–Crippen LogP) is 2.99. The number of halogens is 1. The molecule has 2 aromatic rings. The highest BCUT2D eigenvalue weighted by atomic mass is 35.5. The molecule has 4 aliphatic heterocycles. The van der Waals surface area contributed by atoms with Crippen LogP contribution in [0, 0.1) is 28.9 Å². The Morgan fingerprint density at radius 3 is 2.73 bits per heavy atom. The summed E-state index contributed by atoms with van der Waals surface area (Å²) in [7, 11) is 0. The van der Waals surface area contributed by atoms with Crippen LogP contribution < -0.4 is 10.2 Å². The molecule has 3 fully saturated rings. The third-order valence-electron chi connectivity index (χ3n) is 7.56. The minimum Gasteiger partial charge on any atom is -0.324 e. The van der Waals surface area contributed by atoms with E-state index in [1.165, 1.54) is 24.3 Å². The maximum absolute atomic E-state index is 13.9. The number of fused-ring (bicyclic) bond motifs is 7. The highest BCUT2D eigenvalue weighted by Gasteiger charge is 2.74. The van der Waals surface area contributed by atoms with Gasteiger partial charge in [0.2, 0.25) is 17.7 Å². The average Bonchev–Trinajstić information content (AvgIpc) is 3.47. The first-order chi connectivity index (χ1) is 15.8. The van der Waals surface area contributed by atoms with Crippen LogP contribution in [-0.2, 0) is 19.9 Å². The van der Waals surface area contributed by atoms with Crippen molar-refractivity contribution < 1.29 is 19.3 Å². The number of nitrogens with zero attached hydrogens (tertiary/aromatic N) is 3. The molecule has 2 aromatic carbocycles. The fraction of sp³-hybridized carbons (Fsp3) is 0.348. The molecule has 168 valence electrons. The number of carbonyl (C=O) groups excluding carboxylic acids is 3. The van der Waals surface area contributed by atoms with Gasteiger partial charge in [0.25, 0.3) is 5.69 Å². The number of rotatable bonds is 2. The maximum Gasteiger partial charge on any atom is 0.271 e. The summed E-state index contributed by atoms with van der Waals surface area (Å²) in [5.74, 6) is -2.91. The predicted molar refractivity (Wildman–Crippen MR) is 119 cm³/mol. The number of imide groups is 1. The Morgan fingerprint density at radius 1 is 1.18 bits per heavy atom. The summed E-state index contributed by atoms with van der Waals surface area (Å²) in [6, 6.07) is 8.68. The quantitative estimate of drug-likeness (QED) is 0.413. The Bertz CT molecular complexity index is 1300. The smallest absolute Gasteiger partial charge is 0.271 e. The molecule has 4 aliphatic rings. The van der Waals surface area contributed by atoms with E-state index in [4.69, 9.17) is 11.6 Å². The number of nitro benzene ring substituents is 1. The summed E-state index contributed by atoms with van der Waals surface area (Å²) in [5.41, 5.74) is 0.639. The Morgan fingerprint density at radius 2 is 1.97 bits per heavy atom. The van der Waals surface area contributed by atoms with E-state index in [9.17, 15) is 24.5 Å². The van der Waals surface area contributed by atoms with Crippen LogP contribution >= 0.6 is 11.6 Å². The van der Waals surface area contributed by atoms with Crippen LogP contribution in [0.25, 0.3) is 0 Å². The van der Waals surface area contributed by atoms with Gasteiger partial charge in [0.15, 0.2) is 0 Å². The van der Waals surface area contributed by atoms with E-state index < -0.39 is 34.1 Å². The van der Waals surface area contributed by atoms with Crippen LogP contribution in [0.2, 0.25) is 5.02 Å². The fourth-order valence-corrected chi connectivity index (χ4v) is 6.71. The van der Waals surface area contributed by atoms with E-state index in [0.29, 0.717) is 29.2 Å². The van der Waals surface area contributed by atoms with E-state index in [0.717, 1.165) is 16.9 Å². The molecule has 4 atom stereocenters. The molecule has 3 saturated heterocycles. The van der Waals surface area contributed by atoms with Crippen LogP contribution in [-0.4, -0.2) is 40.1 Å². The number of hydrogen-bond donors (Lipinski definition) is 1. The highest BCUT2D eigenvalue weighted by molar-refractivity contribution is 6.31. The first-order valence-electron chi connectivity index (χ1n) is 10.8. The molecule has 0 aromatic heterocycles. The van der Waals surface area contributed by atoms with Gasteiger partial charge in [0.05, 0.1) is 22.4 Å². The van der Waals surface area contributed by atoms with Gasteiger partial charge in [-0.25, -0.2) is 4.90 Å². The minimum atomic E-state index is -1.33. The summed E-state index contributed by atoms with van der Waals surface area (Å²) in [5, 5.41) is 14.7. The van der Waals surface area contributed by atoms with Gasteiger partial charge < -0.3 is 5.32 Å². The number of aryl methyl sites for hydroxylation is 1. The molecular formula is C23H19ClN4O5. The topological polar surface area (TPSA) is 113 Å². The van der Waals surface area contributed by atoms with E-state index in [2.05, 4.69) is 5.32 Å². The number of nitro groups is 1. The molecule has 9 nitrogen and oxygen atoms in total. The lowest BCUT2D eigenvalue weighted by molar-refractivity contribution is -0.384. The van der Waals surface area contributed by atoms with Crippen LogP contribution in [0.4, 0.5) is 17.1 Å². The monoisotopic (exact) mass is 466 g/mol. The molecule has 10 heteroatoms. The van der Waals surface area contributed by atoms with Crippen LogP contribution in [0.1, 0.15) is 24.0 Å². The number of amides is 3. The Labute approximate surface area is 193 Å². The molecule has 0 aliphatic carbocycles. The van der Waals surface area contributed by atoms with Gasteiger partial charge in [-0.3, -0.25) is 29.4 Å². The molecule has 1 spiro atoms. The Balaban J connectivity index is 1.55.